The van der Waals surface area contributed by atoms with E-state index < -0.39 is 5.91 Å². The number of hydrogen-bond donors (Lipinski definition) is 1. The Hall–Kier alpha value is -1.84. The van der Waals surface area contributed by atoms with Crippen LogP contribution in [0.15, 0.2) is 18.2 Å². The van der Waals surface area contributed by atoms with E-state index in [0.717, 1.165) is 16.8 Å². The second-order valence-electron chi connectivity index (χ2n) is 4.60. The summed E-state index contributed by atoms with van der Waals surface area (Å²) in [6, 6.07) is 5.92. The highest BCUT2D eigenvalue weighted by Gasteiger charge is 2.34. The summed E-state index contributed by atoms with van der Waals surface area (Å²) < 4.78 is 0. The molecule has 0 aliphatic carbocycles. The number of nitrogens with two attached hydrogens (primary N) is 1. The van der Waals surface area contributed by atoms with Gasteiger partial charge in [-0.2, -0.15) is 0 Å². The second kappa shape index (κ2) is 4.20. The van der Waals surface area contributed by atoms with Crippen molar-refractivity contribution in [1.29, 1.82) is 0 Å². The zero-order chi connectivity index (χ0) is 12.6. The van der Waals surface area contributed by atoms with Gasteiger partial charge >= 0.3 is 0 Å². The van der Waals surface area contributed by atoms with Crippen molar-refractivity contribution in [1.82, 2.24) is 0 Å². The number of rotatable bonds is 2. The van der Waals surface area contributed by atoms with E-state index in [9.17, 15) is 9.59 Å². The van der Waals surface area contributed by atoms with E-state index in [1.807, 2.05) is 32.0 Å². The largest absolute Gasteiger partial charge is 0.369 e. The minimum Gasteiger partial charge on any atom is -0.369 e. The topological polar surface area (TPSA) is 63.4 Å². The van der Waals surface area contributed by atoms with Gasteiger partial charge in [-0.3, -0.25) is 9.59 Å². The molecule has 0 spiro atoms. The molecule has 0 radical (unpaired) electrons. The van der Waals surface area contributed by atoms with E-state index in [-0.39, 0.29) is 18.2 Å². The molecular formula is C13H16N2O2. The van der Waals surface area contributed by atoms with Crippen LogP contribution in [0.3, 0.4) is 0 Å². The maximum absolute atomic E-state index is 11.8. The van der Waals surface area contributed by atoms with Crippen LogP contribution in [-0.2, 0) is 9.59 Å². The lowest BCUT2D eigenvalue weighted by atomic mass is 10.1. The minimum atomic E-state index is -0.398. The van der Waals surface area contributed by atoms with E-state index in [1.165, 1.54) is 0 Å². The van der Waals surface area contributed by atoms with Gasteiger partial charge in [0.1, 0.15) is 0 Å². The van der Waals surface area contributed by atoms with Crippen LogP contribution in [0.25, 0.3) is 0 Å². The first-order valence-corrected chi connectivity index (χ1v) is 5.66. The Labute approximate surface area is 100 Å². The zero-order valence-corrected chi connectivity index (χ0v) is 10.1. The number of aryl methyl sites for hydroxylation is 2. The molecule has 1 atom stereocenters. The van der Waals surface area contributed by atoms with Gasteiger partial charge in [-0.05, 0) is 25.5 Å². The quantitative estimate of drug-likeness (QED) is 0.831. The average molecular weight is 232 g/mol. The number of hydrogen-bond acceptors (Lipinski definition) is 2. The van der Waals surface area contributed by atoms with Gasteiger partial charge in [0.05, 0.1) is 5.92 Å². The third-order valence-corrected chi connectivity index (χ3v) is 3.17. The lowest BCUT2D eigenvalue weighted by molar-refractivity contribution is -0.123. The Morgan fingerprint density at radius 2 is 2.12 bits per heavy atom. The first-order chi connectivity index (χ1) is 7.99. The summed E-state index contributed by atoms with van der Waals surface area (Å²) in [5, 5.41) is 0. The number of carbonyl (C=O) groups excluding carboxylic acids is 2. The Morgan fingerprint density at radius 3 is 2.65 bits per heavy atom. The normalized spacial score (nSPS) is 19.8. The molecular weight excluding hydrogens is 216 g/mol. The molecule has 0 saturated carbocycles. The van der Waals surface area contributed by atoms with Gasteiger partial charge in [0.2, 0.25) is 11.8 Å². The predicted octanol–water partition coefficient (Wildman–Crippen LogP) is 1.14. The standard InChI is InChI=1S/C13H16N2O2/c1-8-3-4-11(9(2)5-8)15-7-10(13(14)17)6-12(15)16/h3-5,10H,6-7H2,1-2H3,(H2,14,17). The lowest BCUT2D eigenvalue weighted by Gasteiger charge is -2.19. The SMILES string of the molecule is Cc1ccc(N2CC(C(N)=O)CC2=O)c(C)c1. The third kappa shape index (κ3) is 2.16. The van der Waals surface area contributed by atoms with Crippen LogP contribution in [0.4, 0.5) is 5.69 Å². The number of benzene rings is 1. The molecule has 4 heteroatoms. The molecule has 2 rings (SSSR count). The highest BCUT2D eigenvalue weighted by molar-refractivity contribution is 6.00. The van der Waals surface area contributed by atoms with Gasteiger partial charge in [-0.25, -0.2) is 0 Å². The highest BCUT2D eigenvalue weighted by Crippen LogP contribution is 2.28. The highest BCUT2D eigenvalue weighted by atomic mass is 16.2. The van der Waals surface area contributed by atoms with E-state index >= 15 is 0 Å². The zero-order valence-electron chi connectivity index (χ0n) is 10.1. The van der Waals surface area contributed by atoms with Crippen molar-refractivity contribution >= 4 is 17.5 Å². The number of anilines is 1. The second-order valence-corrected chi connectivity index (χ2v) is 4.60. The third-order valence-electron chi connectivity index (χ3n) is 3.17. The summed E-state index contributed by atoms with van der Waals surface area (Å²) in [4.78, 5) is 24.6. The molecule has 17 heavy (non-hydrogen) atoms. The molecule has 2 amide bonds. The molecule has 1 aliphatic rings. The smallest absolute Gasteiger partial charge is 0.227 e. The molecule has 1 heterocycles. The molecule has 4 nitrogen and oxygen atoms in total. The Morgan fingerprint density at radius 1 is 1.41 bits per heavy atom. The predicted molar refractivity (Wildman–Crippen MR) is 65.6 cm³/mol. The summed E-state index contributed by atoms with van der Waals surface area (Å²) in [5.41, 5.74) is 8.33. The van der Waals surface area contributed by atoms with E-state index in [0.29, 0.717) is 6.54 Å². The summed E-state index contributed by atoms with van der Waals surface area (Å²) in [6.45, 7) is 4.38. The van der Waals surface area contributed by atoms with Crippen LogP contribution in [0.1, 0.15) is 17.5 Å². The van der Waals surface area contributed by atoms with Crippen molar-refractivity contribution in [2.24, 2.45) is 11.7 Å². The summed E-state index contributed by atoms with van der Waals surface area (Å²) >= 11 is 0. The molecule has 1 aromatic rings. The molecule has 1 saturated heterocycles. The fourth-order valence-electron chi connectivity index (χ4n) is 2.24. The van der Waals surface area contributed by atoms with Crippen molar-refractivity contribution < 1.29 is 9.59 Å². The number of nitrogens with zero attached hydrogens (tertiary/aromatic N) is 1. The summed E-state index contributed by atoms with van der Waals surface area (Å²) in [5.74, 6) is -0.783. The van der Waals surface area contributed by atoms with Crippen LogP contribution < -0.4 is 10.6 Å². The van der Waals surface area contributed by atoms with E-state index in [4.69, 9.17) is 5.73 Å². The molecule has 2 N–H and O–H groups in total. The maximum Gasteiger partial charge on any atom is 0.227 e. The Kier molecular flexibility index (Phi) is 2.88. The number of primary amides is 1. The van der Waals surface area contributed by atoms with Crippen LogP contribution in [-0.4, -0.2) is 18.4 Å². The van der Waals surface area contributed by atoms with Crippen molar-refractivity contribution in [2.75, 3.05) is 11.4 Å². The van der Waals surface area contributed by atoms with Crippen molar-refractivity contribution in [3.63, 3.8) is 0 Å². The van der Waals surface area contributed by atoms with Gasteiger partial charge in [-0.15, -0.1) is 0 Å². The molecule has 0 aromatic heterocycles. The number of carbonyl (C=O) groups is 2. The van der Waals surface area contributed by atoms with Crippen molar-refractivity contribution in [2.45, 2.75) is 20.3 Å². The molecule has 1 fully saturated rings. The summed E-state index contributed by atoms with van der Waals surface area (Å²) in [7, 11) is 0. The van der Waals surface area contributed by atoms with Crippen LogP contribution in [0, 0.1) is 19.8 Å². The fourth-order valence-corrected chi connectivity index (χ4v) is 2.24. The molecule has 90 valence electrons. The van der Waals surface area contributed by atoms with Gasteiger partial charge in [0.25, 0.3) is 0 Å². The van der Waals surface area contributed by atoms with Crippen LogP contribution in [0.5, 0.6) is 0 Å². The first-order valence-electron chi connectivity index (χ1n) is 5.66. The van der Waals surface area contributed by atoms with E-state index in [2.05, 4.69) is 0 Å². The van der Waals surface area contributed by atoms with Gasteiger partial charge in [-0.1, -0.05) is 17.7 Å². The maximum atomic E-state index is 11.8. The van der Waals surface area contributed by atoms with Crippen molar-refractivity contribution in [3.05, 3.63) is 29.3 Å². The minimum absolute atomic E-state index is 0.0271. The monoisotopic (exact) mass is 232 g/mol. The van der Waals surface area contributed by atoms with Gasteiger partial charge in [0.15, 0.2) is 0 Å². The Bertz CT molecular complexity index is 482. The first kappa shape index (κ1) is 11.6. The average Bonchev–Trinajstić information content (AvgIpc) is 2.61. The van der Waals surface area contributed by atoms with E-state index in [1.54, 1.807) is 4.90 Å². The number of amides is 2. The molecule has 1 unspecified atom stereocenters. The van der Waals surface area contributed by atoms with Crippen LogP contribution in [0.2, 0.25) is 0 Å². The molecule has 1 aliphatic heterocycles. The molecule has 0 bridgehead atoms. The lowest BCUT2D eigenvalue weighted by Crippen LogP contribution is -2.28. The van der Waals surface area contributed by atoms with Crippen molar-refractivity contribution in [3.8, 4) is 0 Å². The van der Waals surface area contributed by atoms with Gasteiger partial charge < -0.3 is 10.6 Å². The molecule has 1 aromatic carbocycles. The summed E-state index contributed by atoms with van der Waals surface area (Å²) in [6.07, 6.45) is 0.225. The van der Waals surface area contributed by atoms with Gasteiger partial charge in [0, 0.05) is 18.7 Å². The fraction of sp³-hybridized carbons (Fsp3) is 0.385. The van der Waals surface area contributed by atoms with Crippen LogP contribution >= 0.6 is 0 Å². The Balaban J connectivity index is 2.29.